The van der Waals surface area contributed by atoms with E-state index in [1.807, 2.05) is 11.8 Å². The number of carbonyl (C=O) groups is 1. The molecule has 1 amide bonds. The van der Waals surface area contributed by atoms with Crippen LogP contribution < -0.4 is 5.73 Å². The van der Waals surface area contributed by atoms with Crippen LogP contribution in [0.3, 0.4) is 0 Å². The molecule has 4 heteroatoms. The second-order valence-corrected chi connectivity index (χ2v) is 5.98. The Morgan fingerprint density at radius 2 is 2.00 bits per heavy atom. The van der Waals surface area contributed by atoms with Gasteiger partial charge >= 0.3 is 0 Å². The van der Waals surface area contributed by atoms with Gasteiger partial charge in [0, 0.05) is 18.3 Å². The van der Waals surface area contributed by atoms with Gasteiger partial charge < -0.3 is 10.6 Å². The van der Waals surface area contributed by atoms with E-state index in [9.17, 15) is 4.79 Å². The van der Waals surface area contributed by atoms with Crippen molar-refractivity contribution < 1.29 is 4.79 Å². The molecule has 2 N–H and O–H groups in total. The minimum absolute atomic E-state index is 0.0876. The fourth-order valence-electron chi connectivity index (χ4n) is 1.90. The minimum atomic E-state index is 0.0876. The van der Waals surface area contributed by atoms with Crippen LogP contribution in [0.4, 0.5) is 0 Å². The molecule has 0 aromatic rings. The summed E-state index contributed by atoms with van der Waals surface area (Å²) in [5, 5.41) is 0.571. The van der Waals surface area contributed by atoms with Crippen LogP contribution in [0.25, 0.3) is 0 Å². The van der Waals surface area contributed by atoms with Gasteiger partial charge in [0.2, 0.25) is 5.91 Å². The van der Waals surface area contributed by atoms with Crippen molar-refractivity contribution in [3.05, 3.63) is 0 Å². The summed E-state index contributed by atoms with van der Waals surface area (Å²) in [5.74, 6) is 0.307. The maximum absolute atomic E-state index is 12.0. The number of nitrogens with two attached hydrogens (primary N) is 1. The predicted octanol–water partition coefficient (Wildman–Crippen LogP) is 1.47. The molecule has 88 valence electrons. The van der Waals surface area contributed by atoms with Crippen LogP contribution in [-0.2, 0) is 4.79 Å². The van der Waals surface area contributed by atoms with Gasteiger partial charge in [-0.25, -0.2) is 0 Å². The lowest BCUT2D eigenvalue weighted by molar-refractivity contribution is -0.129. The highest BCUT2D eigenvalue weighted by Crippen LogP contribution is 2.22. The Kier molecular flexibility index (Phi) is 5.47. The number of rotatable bonds is 5. The molecule has 0 aliphatic carbocycles. The van der Waals surface area contributed by atoms with Crippen molar-refractivity contribution in [1.82, 2.24) is 4.90 Å². The molecule has 15 heavy (non-hydrogen) atoms. The van der Waals surface area contributed by atoms with Crippen molar-refractivity contribution in [2.75, 3.05) is 19.6 Å². The van der Waals surface area contributed by atoms with Crippen molar-refractivity contribution in [3.63, 3.8) is 0 Å². The number of hydrogen-bond donors (Lipinski definition) is 1. The molecule has 0 saturated carbocycles. The Morgan fingerprint density at radius 3 is 2.53 bits per heavy atom. The maximum Gasteiger partial charge on any atom is 0.235 e. The number of likely N-dealkylation sites (tertiary alicyclic amines) is 1. The van der Waals surface area contributed by atoms with Crippen LogP contribution in [0, 0.1) is 0 Å². The molecule has 0 bridgehead atoms. The third-order valence-corrected chi connectivity index (χ3v) is 4.09. The zero-order valence-electron chi connectivity index (χ0n) is 9.74. The van der Waals surface area contributed by atoms with Crippen LogP contribution in [0.15, 0.2) is 0 Å². The predicted molar refractivity (Wildman–Crippen MR) is 66.0 cm³/mol. The third kappa shape index (κ3) is 4.03. The summed E-state index contributed by atoms with van der Waals surface area (Å²) >= 11 is 1.75. The van der Waals surface area contributed by atoms with Gasteiger partial charge in [-0.1, -0.05) is 6.92 Å². The Bertz CT molecular complexity index is 205. The van der Waals surface area contributed by atoms with E-state index >= 15 is 0 Å². The highest BCUT2D eigenvalue weighted by Gasteiger charge is 2.24. The Hall–Kier alpha value is -0.220. The van der Waals surface area contributed by atoms with Crippen molar-refractivity contribution in [2.45, 2.75) is 43.6 Å². The lowest BCUT2D eigenvalue weighted by Crippen LogP contribution is -2.34. The molecule has 1 aliphatic rings. The molecule has 0 spiro atoms. The third-order valence-electron chi connectivity index (χ3n) is 2.78. The molecule has 1 heterocycles. The first kappa shape index (κ1) is 12.8. The van der Waals surface area contributed by atoms with E-state index in [2.05, 4.69) is 6.92 Å². The molecule has 2 unspecified atom stereocenters. The summed E-state index contributed by atoms with van der Waals surface area (Å²) in [7, 11) is 0. The summed E-state index contributed by atoms with van der Waals surface area (Å²) in [6.45, 7) is 6.77. The van der Waals surface area contributed by atoms with E-state index in [1.54, 1.807) is 11.8 Å². The fraction of sp³-hybridized carbons (Fsp3) is 0.909. The van der Waals surface area contributed by atoms with E-state index in [4.69, 9.17) is 5.73 Å². The highest BCUT2D eigenvalue weighted by molar-refractivity contribution is 8.01. The van der Waals surface area contributed by atoms with E-state index < -0.39 is 0 Å². The summed E-state index contributed by atoms with van der Waals surface area (Å²) < 4.78 is 0. The zero-order chi connectivity index (χ0) is 11.3. The van der Waals surface area contributed by atoms with Gasteiger partial charge in [0.1, 0.15) is 0 Å². The molecule has 1 saturated heterocycles. The molecule has 2 atom stereocenters. The summed E-state index contributed by atoms with van der Waals surface area (Å²) in [6.07, 6.45) is 3.32. The summed E-state index contributed by atoms with van der Waals surface area (Å²) in [4.78, 5) is 14.0. The molecular weight excluding hydrogens is 208 g/mol. The lowest BCUT2D eigenvalue weighted by Gasteiger charge is -2.22. The standard InChI is InChI=1S/C11H22N2OS/c1-9(5-6-12)15-10(2)11(14)13-7-3-4-8-13/h9-10H,3-8,12H2,1-2H3. The van der Waals surface area contributed by atoms with Gasteiger partial charge in [-0.3, -0.25) is 4.79 Å². The van der Waals surface area contributed by atoms with Crippen molar-refractivity contribution in [3.8, 4) is 0 Å². The van der Waals surface area contributed by atoms with Crippen LogP contribution in [0.1, 0.15) is 33.1 Å². The van der Waals surface area contributed by atoms with Crippen LogP contribution >= 0.6 is 11.8 Å². The Morgan fingerprint density at radius 1 is 1.40 bits per heavy atom. The van der Waals surface area contributed by atoms with Crippen LogP contribution in [0.5, 0.6) is 0 Å². The number of amides is 1. The summed E-state index contributed by atoms with van der Waals surface area (Å²) in [5.41, 5.74) is 5.49. The molecule has 1 rings (SSSR count). The van der Waals surface area contributed by atoms with Gasteiger partial charge in [-0.15, -0.1) is 11.8 Å². The lowest BCUT2D eigenvalue weighted by atomic mass is 10.3. The molecule has 3 nitrogen and oxygen atoms in total. The van der Waals surface area contributed by atoms with Crippen molar-refractivity contribution in [2.24, 2.45) is 5.73 Å². The fourth-order valence-corrected chi connectivity index (χ4v) is 3.14. The van der Waals surface area contributed by atoms with Crippen LogP contribution in [-0.4, -0.2) is 40.9 Å². The second-order valence-electron chi connectivity index (χ2n) is 4.20. The zero-order valence-corrected chi connectivity index (χ0v) is 10.6. The molecule has 0 aromatic heterocycles. The maximum atomic E-state index is 12.0. The topological polar surface area (TPSA) is 46.3 Å². The molecule has 1 fully saturated rings. The Balaban J connectivity index is 2.31. The molecule has 0 aromatic carbocycles. The van der Waals surface area contributed by atoms with E-state index in [0.717, 1.165) is 19.5 Å². The van der Waals surface area contributed by atoms with E-state index in [-0.39, 0.29) is 5.25 Å². The molecule has 0 radical (unpaired) electrons. The SMILES string of the molecule is CC(CCN)SC(C)C(=O)N1CCCC1. The number of thioether (sulfide) groups is 1. The van der Waals surface area contributed by atoms with Gasteiger partial charge in [-0.2, -0.15) is 0 Å². The average molecular weight is 230 g/mol. The minimum Gasteiger partial charge on any atom is -0.342 e. The van der Waals surface area contributed by atoms with Gasteiger partial charge in [0.25, 0.3) is 0 Å². The summed E-state index contributed by atoms with van der Waals surface area (Å²) in [6, 6.07) is 0. The first-order chi connectivity index (χ1) is 7.15. The number of hydrogen-bond acceptors (Lipinski definition) is 3. The van der Waals surface area contributed by atoms with E-state index in [0.29, 0.717) is 17.7 Å². The largest absolute Gasteiger partial charge is 0.342 e. The van der Waals surface area contributed by atoms with Crippen molar-refractivity contribution >= 4 is 17.7 Å². The first-order valence-electron chi connectivity index (χ1n) is 5.79. The highest BCUT2D eigenvalue weighted by atomic mass is 32.2. The Labute approximate surface area is 96.8 Å². The second kappa shape index (κ2) is 6.38. The monoisotopic (exact) mass is 230 g/mol. The van der Waals surface area contributed by atoms with E-state index in [1.165, 1.54) is 12.8 Å². The number of nitrogens with zero attached hydrogens (tertiary/aromatic N) is 1. The average Bonchev–Trinajstić information content (AvgIpc) is 2.69. The smallest absolute Gasteiger partial charge is 0.235 e. The van der Waals surface area contributed by atoms with Gasteiger partial charge in [0.05, 0.1) is 5.25 Å². The van der Waals surface area contributed by atoms with Gasteiger partial charge in [-0.05, 0) is 32.7 Å². The van der Waals surface area contributed by atoms with Gasteiger partial charge in [0.15, 0.2) is 0 Å². The quantitative estimate of drug-likeness (QED) is 0.778. The first-order valence-corrected chi connectivity index (χ1v) is 6.73. The van der Waals surface area contributed by atoms with Crippen LogP contribution in [0.2, 0.25) is 0 Å². The normalized spacial score (nSPS) is 20.3. The molecule has 1 aliphatic heterocycles. The van der Waals surface area contributed by atoms with Crippen molar-refractivity contribution in [1.29, 1.82) is 0 Å². The molecular formula is C11H22N2OS. The number of carbonyl (C=O) groups excluding carboxylic acids is 1.